The standard InChI is InChI=1S/C19H13F2N3O2/c20-14-3-1-5-16(8-14)23-18(25)12-7-13(11-22-10-12)19(26)24-17-6-2-4-15(21)9-17/h1-11H,(H,23,25)(H,24,26). The van der Waals surface area contributed by atoms with Crippen molar-refractivity contribution in [1.29, 1.82) is 0 Å². The lowest BCUT2D eigenvalue weighted by Crippen LogP contribution is -2.16. The largest absolute Gasteiger partial charge is 0.322 e. The summed E-state index contributed by atoms with van der Waals surface area (Å²) in [4.78, 5) is 28.4. The smallest absolute Gasteiger partial charge is 0.257 e. The maximum atomic E-state index is 13.2. The number of aromatic nitrogens is 1. The molecule has 0 spiro atoms. The van der Waals surface area contributed by atoms with E-state index in [0.29, 0.717) is 0 Å². The highest BCUT2D eigenvalue weighted by atomic mass is 19.1. The molecule has 130 valence electrons. The molecule has 0 radical (unpaired) electrons. The molecule has 0 aliphatic heterocycles. The van der Waals surface area contributed by atoms with Crippen molar-refractivity contribution in [2.45, 2.75) is 0 Å². The first-order valence-electron chi connectivity index (χ1n) is 7.60. The van der Waals surface area contributed by atoms with E-state index in [9.17, 15) is 18.4 Å². The summed E-state index contributed by atoms with van der Waals surface area (Å²) < 4.78 is 26.4. The number of pyridine rings is 1. The number of carbonyl (C=O) groups excluding carboxylic acids is 2. The van der Waals surface area contributed by atoms with Crippen molar-refractivity contribution in [3.63, 3.8) is 0 Å². The molecule has 26 heavy (non-hydrogen) atoms. The van der Waals surface area contributed by atoms with Gasteiger partial charge in [-0.1, -0.05) is 12.1 Å². The second kappa shape index (κ2) is 7.52. The molecular weight excluding hydrogens is 340 g/mol. The zero-order chi connectivity index (χ0) is 18.5. The molecule has 0 aliphatic carbocycles. The Labute approximate surface area is 147 Å². The molecule has 2 aromatic carbocycles. The van der Waals surface area contributed by atoms with Crippen LogP contribution in [0.3, 0.4) is 0 Å². The van der Waals surface area contributed by atoms with E-state index in [1.165, 1.54) is 67.0 Å². The summed E-state index contributed by atoms with van der Waals surface area (Å²) >= 11 is 0. The van der Waals surface area contributed by atoms with Gasteiger partial charge in [0, 0.05) is 23.8 Å². The Hall–Kier alpha value is -3.61. The fraction of sp³-hybridized carbons (Fsp3) is 0. The minimum Gasteiger partial charge on any atom is -0.322 e. The summed E-state index contributed by atoms with van der Waals surface area (Å²) in [6.07, 6.45) is 2.57. The van der Waals surface area contributed by atoms with Gasteiger partial charge >= 0.3 is 0 Å². The number of nitrogens with one attached hydrogen (secondary N) is 2. The van der Waals surface area contributed by atoms with E-state index in [-0.39, 0.29) is 22.5 Å². The molecule has 7 heteroatoms. The third-order valence-corrected chi connectivity index (χ3v) is 3.43. The maximum Gasteiger partial charge on any atom is 0.257 e. The minimum atomic E-state index is -0.538. The average Bonchev–Trinajstić information content (AvgIpc) is 2.62. The zero-order valence-corrected chi connectivity index (χ0v) is 13.4. The summed E-state index contributed by atoms with van der Waals surface area (Å²) in [6.45, 7) is 0. The number of benzene rings is 2. The van der Waals surface area contributed by atoms with Crippen molar-refractivity contribution in [3.8, 4) is 0 Å². The number of hydrogen-bond acceptors (Lipinski definition) is 3. The first kappa shape index (κ1) is 17.2. The zero-order valence-electron chi connectivity index (χ0n) is 13.4. The van der Waals surface area contributed by atoms with E-state index in [2.05, 4.69) is 15.6 Å². The average molecular weight is 353 g/mol. The van der Waals surface area contributed by atoms with Crippen LogP contribution in [-0.4, -0.2) is 16.8 Å². The highest BCUT2D eigenvalue weighted by molar-refractivity contribution is 6.08. The van der Waals surface area contributed by atoms with Crippen LogP contribution in [-0.2, 0) is 0 Å². The normalized spacial score (nSPS) is 10.2. The minimum absolute atomic E-state index is 0.126. The van der Waals surface area contributed by atoms with Gasteiger partial charge in [0.1, 0.15) is 11.6 Å². The van der Waals surface area contributed by atoms with Crippen LogP contribution in [0.1, 0.15) is 20.7 Å². The van der Waals surface area contributed by atoms with Crippen molar-refractivity contribution >= 4 is 23.2 Å². The highest BCUT2D eigenvalue weighted by Gasteiger charge is 2.12. The maximum absolute atomic E-state index is 13.2. The van der Waals surface area contributed by atoms with Crippen molar-refractivity contribution < 1.29 is 18.4 Å². The molecule has 0 bridgehead atoms. The van der Waals surface area contributed by atoms with Gasteiger partial charge in [-0.05, 0) is 42.5 Å². The summed E-state index contributed by atoms with van der Waals surface area (Å²) in [5, 5.41) is 5.04. The van der Waals surface area contributed by atoms with Crippen LogP contribution < -0.4 is 10.6 Å². The molecule has 1 heterocycles. The van der Waals surface area contributed by atoms with E-state index < -0.39 is 23.4 Å². The molecule has 0 saturated heterocycles. The number of amides is 2. The Morgan fingerprint density at radius 1 is 0.731 bits per heavy atom. The van der Waals surface area contributed by atoms with Crippen LogP contribution in [0.5, 0.6) is 0 Å². The Morgan fingerprint density at radius 2 is 1.19 bits per heavy atom. The second-order valence-corrected chi connectivity index (χ2v) is 5.39. The quantitative estimate of drug-likeness (QED) is 0.748. The molecule has 1 aromatic heterocycles. The summed E-state index contributed by atoms with van der Waals surface area (Å²) in [5.41, 5.74) is 0.816. The van der Waals surface area contributed by atoms with Crippen molar-refractivity contribution in [2.75, 3.05) is 10.6 Å². The van der Waals surface area contributed by atoms with Crippen LogP contribution in [0.4, 0.5) is 20.2 Å². The molecule has 3 aromatic rings. The van der Waals surface area contributed by atoms with Crippen molar-refractivity contribution in [3.05, 3.63) is 89.8 Å². The SMILES string of the molecule is O=C(Nc1cccc(F)c1)c1cncc(C(=O)Nc2cccc(F)c2)c1. The third kappa shape index (κ3) is 4.27. The van der Waals surface area contributed by atoms with Gasteiger partial charge in [-0.2, -0.15) is 0 Å². The highest BCUT2D eigenvalue weighted by Crippen LogP contribution is 2.14. The van der Waals surface area contributed by atoms with Crippen LogP contribution >= 0.6 is 0 Å². The summed E-state index contributed by atoms with van der Waals surface area (Å²) in [5.74, 6) is -2.04. The predicted octanol–water partition coefficient (Wildman–Crippen LogP) is 3.86. The Kier molecular flexibility index (Phi) is 4.98. The van der Waals surface area contributed by atoms with Crippen LogP contribution in [0, 0.1) is 11.6 Å². The number of carbonyl (C=O) groups is 2. The number of anilines is 2. The predicted molar refractivity (Wildman–Crippen MR) is 92.9 cm³/mol. The third-order valence-electron chi connectivity index (χ3n) is 3.43. The molecule has 5 nitrogen and oxygen atoms in total. The van der Waals surface area contributed by atoms with Crippen molar-refractivity contribution in [2.24, 2.45) is 0 Å². The molecule has 0 fully saturated rings. The number of nitrogens with zero attached hydrogens (tertiary/aromatic N) is 1. The van der Waals surface area contributed by atoms with Gasteiger partial charge in [-0.3, -0.25) is 14.6 Å². The molecule has 2 N–H and O–H groups in total. The van der Waals surface area contributed by atoms with Gasteiger partial charge in [0.2, 0.25) is 0 Å². The molecular formula is C19H13F2N3O2. The van der Waals surface area contributed by atoms with Gasteiger partial charge in [0.25, 0.3) is 11.8 Å². The van der Waals surface area contributed by atoms with E-state index >= 15 is 0 Å². The van der Waals surface area contributed by atoms with E-state index in [1.807, 2.05) is 0 Å². The van der Waals surface area contributed by atoms with Gasteiger partial charge in [-0.25, -0.2) is 8.78 Å². The first-order valence-corrected chi connectivity index (χ1v) is 7.60. The Bertz CT molecular complexity index is 902. The lowest BCUT2D eigenvalue weighted by atomic mass is 10.1. The Morgan fingerprint density at radius 3 is 1.62 bits per heavy atom. The first-order chi connectivity index (χ1) is 12.5. The molecule has 3 rings (SSSR count). The van der Waals surface area contributed by atoms with Crippen molar-refractivity contribution in [1.82, 2.24) is 4.98 Å². The number of hydrogen-bond donors (Lipinski definition) is 2. The van der Waals surface area contributed by atoms with Gasteiger partial charge < -0.3 is 10.6 Å². The lowest BCUT2D eigenvalue weighted by Gasteiger charge is -2.08. The van der Waals surface area contributed by atoms with E-state index in [1.54, 1.807) is 0 Å². The van der Waals surface area contributed by atoms with Gasteiger partial charge in [0.05, 0.1) is 11.1 Å². The molecule has 0 saturated carbocycles. The summed E-state index contributed by atoms with van der Waals surface area (Å²) in [6, 6.07) is 12.2. The molecule has 0 unspecified atom stereocenters. The van der Waals surface area contributed by atoms with E-state index in [0.717, 1.165) is 0 Å². The van der Waals surface area contributed by atoms with Crippen LogP contribution in [0.25, 0.3) is 0 Å². The van der Waals surface area contributed by atoms with Crippen LogP contribution in [0.15, 0.2) is 67.0 Å². The Balaban J connectivity index is 1.75. The number of rotatable bonds is 4. The molecule has 0 atom stereocenters. The molecule has 0 aliphatic rings. The number of halogens is 2. The molecule has 2 amide bonds. The topological polar surface area (TPSA) is 71.1 Å². The lowest BCUT2D eigenvalue weighted by molar-refractivity contribution is 0.102. The fourth-order valence-corrected chi connectivity index (χ4v) is 2.23. The monoisotopic (exact) mass is 353 g/mol. The second-order valence-electron chi connectivity index (χ2n) is 5.39. The van der Waals surface area contributed by atoms with E-state index in [4.69, 9.17) is 0 Å². The fourth-order valence-electron chi connectivity index (χ4n) is 2.23. The van der Waals surface area contributed by atoms with Crippen LogP contribution in [0.2, 0.25) is 0 Å². The van der Waals surface area contributed by atoms with Gasteiger partial charge in [-0.15, -0.1) is 0 Å². The van der Waals surface area contributed by atoms with Gasteiger partial charge in [0.15, 0.2) is 0 Å². The summed E-state index contributed by atoms with van der Waals surface area (Å²) in [7, 11) is 0.